The molecule has 0 saturated heterocycles. The Balaban J connectivity index is -0.00000104. The van der Waals surface area contributed by atoms with Crippen LogP contribution in [-0.4, -0.2) is 174 Å². The molecule has 0 aromatic rings. The maximum absolute atomic E-state index is 13.3. The van der Waals surface area contributed by atoms with E-state index in [0.717, 1.165) is 30.9 Å². The van der Waals surface area contributed by atoms with Gasteiger partial charge in [-0.15, -0.1) is 0 Å². The van der Waals surface area contributed by atoms with Crippen molar-refractivity contribution in [3.05, 3.63) is 46.8 Å². The van der Waals surface area contributed by atoms with Gasteiger partial charge in [-0.25, -0.2) is 0 Å². The molecule has 29 heavy (non-hydrogen) atoms. The van der Waals surface area contributed by atoms with Crippen LogP contribution in [0.25, 0.3) is 0 Å². The van der Waals surface area contributed by atoms with E-state index in [0.29, 0.717) is 6.42 Å². The van der Waals surface area contributed by atoms with E-state index in [1.807, 2.05) is 20.8 Å². The summed E-state index contributed by atoms with van der Waals surface area (Å²) < 4.78 is 48.8. The topological polar surface area (TPSA) is 94.8 Å². The number of rotatable bonds is 10. The van der Waals surface area contributed by atoms with Crippen molar-refractivity contribution in [3.8, 4) is 0 Å². The molecule has 156 valence electrons. The Morgan fingerprint density at radius 1 is 0.862 bits per heavy atom. The minimum atomic E-state index is -6.03. The molecule has 3 N–H and O–H groups in total. The molecule has 0 aromatic carbocycles. The molecule has 1 atom stereocenters. The summed E-state index contributed by atoms with van der Waals surface area (Å²) in [5, 5.41) is -5.00. The quantitative estimate of drug-likeness (QED) is 0.171. The van der Waals surface area contributed by atoms with Crippen LogP contribution in [0.2, 0.25) is 0 Å². The molecule has 0 amide bonds. The molecule has 0 aliphatic carbocycles. The van der Waals surface area contributed by atoms with Crippen LogP contribution in [0, 0.1) is 0 Å². The molecule has 0 aliphatic rings. The zero-order chi connectivity index (χ0) is 20.6. The van der Waals surface area contributed by atoms with Gasteiger partial charge < -0.3 is 14.7 Å². The third-order valence-corrected chi connectivity index (χ3v) is 7.22. The molecule has 0 fully saturated rings. The van der Waals surface area contributed by atoms with Crippen LogP contribution >= 0.6 is 15.0 Å². The Kier molecular flexibility index (Phi) is 26.8. The molecule has 1 unspecified atom stereocenters. The van der Waals surface area contributed by atoms with Crippen molar-refractivity contribution in [3.63, 3.8) is 0 Å². The number of hydrogen-bond donors (Lipinski definition) is 3. The van der Waals surface area contributed by atoms with E-state index >= 15 is 0 Å². The molecule has 12 heteroatoms. The summed E-state index contributed by atoms with van der Waals surface area (Å²) >= 11 is 0. The summed E-state index contributed by atoms with van der Waals surface area (Å²) in [5.74, 6) is 0.260. The standard InChI is InChI=1S/C17H28F2O5P2.3K.3H/c1-14(2)8-5-9-15(3)10-6-11-16(4)12-7-13-25(20,21)17(18,19)26(22,23)24;;;;;;/h7-8,10,12-13H,5-6,9,11H2,1-4H3,(H,20,21)(H2,22,23,24);;;;;;/b13-7+,15-10+,16-12+;;;;;;. The number of alkyl halides is 2. The Hall–Kier alpha value is 4.07. The molecule has 0 spiro atoms. The number of allylic oxidation sites excluding steroid dienone is 7. The summed E-state index contributed by atoms with van der Waals surface area (Å²) in [6, 6.07) is 0. The van der Waals surface area contributed by atoms with Gasteiger partial charge in [0.05, 0.1) is 0 Å². The fourth-order valence-corrected chi connectivity index (χ4v) is 4.11. The molecule has 0 rings (SSSR count). The van der Waals surface area contributed by atoms with Crippen LogP contribution in [0.4, 0.5) is 8.78 Å². The summed E-state index contributed by atoms with van der Waals surface area (Å²) in [6.45, 7) is 7.85. The van der Waals surface area contributed by atoms with E-state index < -0.39 is 20.4 Å². The van der Waals surface area contributed by atoms with E-state index in [9.17, 15) is 22.8 Å². The normalized spacial score (nSPS) is 14.9. The maximum atomic E-state index is 13.3. The van der Waals surface area contributed by atoms with Crippen LogP contribution in [-0.2, 0) is 9.13 Å². The molecule has 0 heterocycles. The summed E-state index contributed by atoms with van der Waals surface area (Å²) in [5.41, 5.74) is 3.30. The Morgan fingerprint density at radius 2 is 1.31 bits per heavy atom. The van der Waals surface area contributed by atoms with E-state index in [1.165, 1.54) is 17.2 Å². The first-order valence-corrected chi connectivity index (χ1v) is 11.4. The second-order valence-electron chi connectivity index (χ2n) is 6.44. The first kappa shape index (κ1) is 40.2. The van der Waals surface area contributed by atoms with Gasteiger partial charge in [-0.3, -0.25) is 9.13 Å². The molecule has 5 nitrogen and oxygen atoms in total. The molecule has 0 aromatic heterocycles. The molecule has 0 aliphatic heterocycles. The zero-order valence-electron chi connectivity index (χ0n) is 15.5. The van der Waals surface area contributed by atoms with Crippen molar-refractivity contribution in [2.24, 2.45) is 0 Å². The first-order chi connectivity index (χ1) is 11.7. The molecule has 0 saturated carbocycles. The first-order valence-electron chi connectivity index (χ1n) is 8.10. The van der Waals surface area contributed by atoms with Gasteiger partial charge in [0, 0.05) is 5.82 Å². The number of halogens is 2. The van der Waals surface area contributed by atoms with Gasteiger partial charge in [-0.2, -0.15) is 8.78 Å². The van der Waals surface area contributed by atoms with Gasteiger partial charge >= 0.3 is 175 Å². The number of hydrogen-bond acceptors (Lipinski definition) is 2. The predicted octanol–water partition coefficient (Wildman–Crippen LogP) is 3.97. The Bertz CT molecular complexity index is 697. The van der Waals surface area contributed by atoms with Crippen LogP contribution in [0.5, 0.6) is 0 Å². The van der Waals surface area contributed by atoms with Gasteiger partial charge in [0.1, 0.15) is 0 Å². The van der Waals surface area contributed by atoms with Gasteiger partial charge in [0.25, 0.3) is 0 Å². The van der Waals surface area contributed by atoms with E-state index in [1.54, 1.807) is 6.92 Å². The fourth-order valence-electron chi connectivity index (χ4n) is 1.92. The third kappa shape index (κ3) is 17.2. The minimum absolute atomic E-state index is 0. The van der Waals surface area contributed by atoms with Crippen LogP contribution in [0.15, 0.2) is 46.8 Å². The van der Waals surface area contributed by atoms with Gasteiger partial charge in [-0.05, 0) is 53.4 Å². The van der Waals surface area contributed by atoms with Crippen LogP contribution in [0.1, 0.15) is 53.4 Å². The van der Waals surface area contributed by atoms with Crippen molar-refractivity contribution >= 4 is 169 Å². The Labute approximate surface area is 300 Å². The fraction of sp³-hybridized carbons (Fsp3) is 0.529. The van der Waals surface area contributed by atoms with E-state index in [4.69, 9.17) is 9.79 Å². The zero-order valence-corrected chi connectivity index (χ0v) is 17.3. The average Bonchev–Trinajstić information content (AvgIpc) is 2.45. The van der Waals surface area contributed by atoms with E-state index in [-0.39, 0.29) is 160 Å². The SMILES string of the molecule is CC(C)=CCC/C(C)=C/CC/C(C)=C/C=C/P(=O)(O)C(F)(F)P(=O)(O)O.[KH].[KH].[KH]. The molecular weight excluding hydrogens is 501 g/mol. The van der Waals surface area contributed by atoms with Gasteiger partial charge in [-0.1, -0.05) is 41.0 Å². The van der Waals surface area contributed by atoms with Crippen LogP contribution in [0.3, 0.4) is 0 Å². The van der Waals surface area contributed by atoms with Gasteiger partial charge in [0.15, 0.2) is 0 Å². The molecular formula is C17H31F2K3O5P2. The third-order valence-electron chi connectivity index (χ3n) is 3.53. The van der Waals surface area contributed by atoms with Crippen LogP contribution < -0.4 is 0 Å². The van der Waals surface area contributed by atoms with Crippen molar-refractivity contribution in [1.82, 2.24) is 0 Å². The molecule has 0 bridgehead atoms. The second kappa shape index (κ2) is 19.3. The average molecular weight is 533 g/mol. The second-order valence-corrected chi connectivity index (χ2v) is 10.5. The van der Waals surface area contributed by atoms with Gasteiger partial charge in [0.2, 0.25) is 0 Å². The van der Waals surface area contributed by atoms with Crippen molar-refractivity contribution in [1.29, 1.82) is 0 Å². The molecule has 0 radical (unpaired) electrons. The van der Waals surface area contributed by atoms with Crippen molar-refractivity contribution in [2.45, 2.75) is 58.8 Å². The summed E-state index contributed by atoms with van der Waals surface area (Å²) in [4.78, 5) is 26.3. The predicted molar refractivity (Wildman–Crippen MR) is 123 cm³/mol. The monoisotopic (exact) mass is 532 g/mol. The van der Waals surface area contributed by atoms with E-state index in [2.05, 4.69) is 12.2 Å². The van der Waals surface area contributed by atoms with Crippen molar-refractivity contribution < 1.29 is 32.6 Å². The van der Waals surface area contributed by atoms with Crippen molar-refractivity contribution in [2.75, 3.05) is 0 Å². The summed E-state index contributed by atoms with van der Waals surface area (Å²) in [7, 11) is -11.5. The Morgan fingerprint density at radius 3 is 1.76 bits per heavy atom. The summed E-state index contributed by atoms with van der Waals surface area (Å²) in [6.07, 6.45) is 9.87.